The van der Waals surface area contributed by atoms with E-state index >= 15 is 0 Å². The first-order chi connectivity index (χ1) is 12.6. The molecule has 0 fully saturated rings. The van der Waals surface area contributed by atoms with Crippen LogP contribution in [0, 0.1) is 6.92 Å². The second-order valence-corrected chi connectivity index (χ2v) is 6.11. The lowest BCUT2D eigenvalue weighted by Gasteiger charge is -2.18. The van der Waals surface area contributed by atoms with Crippen LogP contribution in [0.2, 0.25) is 0 Å². The Hall–Kier alpha value is -2.87. The Morgan fingerprint density at radius 2 is 1.74 bits per heavy atom. The van der Waals surface area contributed by atoms with E-state index in [1.807, 2.05) is 13.0 Å². The minimum absolute atomic E-state index is 0.00247. The van der Waals surface area contributed by atoms with Gasteiger partial charge in [0.05, 0.1) is 5.56 Å². The van der Waals surface area contributed by atoms with Gasteiger partial charge in [-0.3, -0.25) is 4.79 Å². The highest BCUT2D eigenvalue weighted by Crippen LogP contribution is 2.30. The third-order valence-corrected chi connectivity index (χ3v) is 3.94. The van der Waals surface area contributed by atoms with Crippen molar-refractivity contribution in [2.45, 2.75) is 31.7 Å². The molecule has 1 amide bonds. The number of aliphatic carboxylic acids is 1. The van der Waals surface area contributed by atoms with Gasteiger partial charge in [-0.15, -0.1) is 0 Å². The molecule has 0 aliphatic heterocycles. The summed E-state index contributed by atoms with van der Waals surface area (Å²) in [5.41, 5.74) is 0.626. The number of hydrogen-bond acceptors (Lipinski definition) is 3. The first kappa shape index (κ1) is 20.4. The van der Waals surface area contributed by atoms with E-state index in [1.54, 1.807) is 18.2 Å². The Bertz CT molecular complexity index is 818. The molecule has 3 N–H and O–H groups in total. The number of carbonyl (C=O) groups is 2. The number of aliphatic hydroxyl groups is 1. The van der Waals surface area contributed by atoms with Crippen LogP contribution in [-0.2, 0) is 22.2 Å². The Morgan fingerprint density at radius 3 is 2.26 bits per heavy atom. The maximum absolute atomic E-state index is 12.6. The maximum atomic E-state index is 12.6. The first-order valence-corrected chi connectivity index (χ1v) is 8.02. The molecule has 2 aromatic rings. The topological polar surface area (TPSA) is 86.6 Å². The van der Waals surface area contributed by atoms with Gasteiger partial charge < -0.3 is 15.5 Å². The summed E-state index contributed by atoms with van der Waals surface area (Å²) < 4.78 is 37.7. The van der Waals surface area contributed by atoms with Crippen LogP contribution in [0.25, 0.3) is 0 Å². The van der Waals surface area contributed by atoms with Crippen molar-refractivity contribution in [2.24, 2.45) is 0 Å². The van der Waals surface area contributed by atoms with Crippen molar-refractivity contribution in [3.05, 3.63) is 70.8 Å². The first-order valence-electron chi connectivity index (χ1n) is 8.02. The van der Waals surface area contributed by atoms with Crippen molar-refractivity contribution in [3.8, 4) is 0 Å². The van der Waals surface area contributed by atoms with Gasteiger partial charge in [0, 0.05) is 6.42 Å². The van der Waals surface area contributed by atoms with E-state index in [4.69, 9.17) is 0 Å². The number of alkyl halides is 3. The summed E-state index contributed by atoms with van der Waals surface area (Å²) in [5.74, 6) is -2.29. The van der Waals surface area contributed by atoms with Crippen molar-refractivity contribution in [1.82, 2.24) is 5.32 Å². The van der Waals surface area contributed by atoms with E-state index in [-0.39, 0.29) is 12.0 Å². The van der Waals surface area contributed by atoms with E-state index in [1.165, 1.54) is 0 Å². The Labute approximate surface area is 153 Å². The number of benzene rings is 2. The summed E-state index contributed by atoms with van der Waals surface area (Å²) in [5, 5.41) is 21.6. The second kappa shape index (κ2) is 8.22. The minimum Gasteiger partial charge on any atom is -0.480 e. The zero-order chi connectivity index (χ0) is 20.2. The zero-order valence-electron chi connectivity index (χ0n) is 14.3. The molecule has 0 aliphatic rings. The molecule has 0 radical (unpaired) electrons. The molecule has 0 aliphatic carbocycles. The molecule has 2 aromatic carbocycles. The van der Waals surface area contributed by atoms with Gasteiger partial charge in [-0.05, 0) is 30.2 Å². The Balaban J connectivity index is 2.09. The average molecular weight is 381 g/mol. The van der Waals surface area contributed by atoms with E-state index in [9.17, 15) is 33.0 Å². The van der Waals surface area contributed by atoms with Gasteiger partial charge in [0.25, 0.3) is 5.91 Å². The van der Waals surface area contributed by atoms with Gasteiger partial charge in [0.2, 0.25) is 0 Å². The molecule has 0 saturated heterocycles. The number of hydrogen-bond donors (Lipinski definition) is 3. The molecule has 2 atom stereocenters. The number of aryl methyl sites for hydroxylation is 1. The number of nitrogens with one attached hydrogen (secondary N) is 1. The number of aliphatic hydroxyl groups excluding tert-OH is 1. The van der Waals surface area contributed by atoms with Crippen LogP contribution < -0.4 is 5.32 Å². The number of halogens is 3. The van der Waals surface area contributed by atoms with Crippen LogP contribution >= 0.6 is 0 Å². The maximum Gasteiger partial charge on any atom is 0.416 e. The van der Waals surface area contributed by atoms with Crippen LogP contribution in [0.4, 0.5) is 13.2 Å². The molecule has 5 nitrogen and oxygen atoms in total. The van der Waals surface area contributed by atoms with Crippen molar-refractivity contribution in [3.63, 3.8) is 0 Å². The van der Waals surface area contributed by atoms with E-state index in [0.29, 0.717) is 5.56 Å². The van der Waals surface area contributed by atoms with Crippen molar-refractivity contribution >= 4 is 11.9 Å². The van der Waals surface area contributed by atoms with Crippen LogP contribution in [0.5, 0.6) is 0 Å². The molecule has 27 heavy (non-hydrogen) atoms. The van der Waals surface area contributed by atoms with Gasteiger partial charge in [-0.1, -0.05) is 42.0 Å². The SMILES string of the molecule is Cc1cccc(C[C@H](NC(=O)[C@@H](O)c2ccc(C(F)(F)F)cc2)C(=O)O)c1. The number of amides is 1. The third-order valence-electron chi connectivity index (χ3n) is 3.94. The van der Waals surface area contributed by atoms with Gasteiger partial charge in [-0.2, -0.15) is 13.2 Å². The highest BCUT2D eigenvalue weighted by atomic mass is 19.4. The highest BCUT2D eigenvalue weighted by Gasteiger charge is 2.31. The number of carbonyl (C=O) groups excluding carboxylic acids is 1. The molecule has 144 valence electrons. The third kappa shape index (κ3) is 5.55. The number of rotatable bonds is 6. The van der Waals surface area contributed by atoms with Crippen molar-refractivity contribution < 1.29 is 33.0 Å². The van der Waals surface area contributed by atoms with E-state index in [0.717, 1.165) is 29.8 Å². The molecule has 8 heteroatoms. The van der Waals surface area contributed by atoms with Crippen LogP contribution in [-0.4, -0.2) is 28.1 Å². The Kier molecular flexibility index (Phi) is 6.22. The average Bonchev–Trinajstić information content (AvgIpc) is 2.59. The van der Waals surface area contributed by atoms with Gasteiger partial charge in [-0.25, -0.2) is 4.79 Å². The van der Waals surface area contributed by atoms with Crippen molar-refractivity contribution in [1.29, 1.82) is 0 Å². The van der Waals surface area contributed by atoms with Crippen LogP contribution in [0.15, 0.2) is 48.5 Å². The predicted octanol–water partition coefficient (Wildman–Crippen LogP) is 2.86. The fourth-order valence-electron chi connectivity index (χ4n) is 2.53. The summed E-state index contributed by atoms with van der Waals surface area (Å²) in [7, 11) is 0. The number of carboxylic acid groups (broad SMARTS) is 1. The molecule has 0 aromatic heterocycles. The summed E-state index contributed by atoms with van der Waals surface area (Å²) in [4.78, 5) is 23.6. The number of carboxylic acids is 1. The molecule has 2 rings (SSSR count). The molecule has 0 heterocycles. The van der Waals surface area contributed by atoms with Gasteiger partial charge in [0.15, 0.2) is 6.10 Å². The van der Waals surface area contributed by atoms with E-state index in [2.05, 4.69) is 5.32 Å². The lowest BCUT2D eigenvalue weighted by molar-refractivity contribution is -0.143. The summed E-state index contributed by atoms with van der Waals surface area (Å²) in [6, 6.07) is 9.22. The standard InChI is InChI=1S/C19H18F3NO4/c1-11-3-2-4-12(9-11)10-15(18(26)27)23-17(25)16(24)13-5-7-14(8-6-13)19(20,21)22/h2-9,15-16,24H,10H2,1H3,(H,23,25)(H,26,27)/t15-,16-/m0/s1. The molecule has 0 spiro atoms. The molecular weight excluding hydrogens is 363 g/mol. The molecule has 0 saturated carbocycles. The fraction of sp³-hybridized carbons (Fsp3) is 0.263. The Morgan fingerprint density at radius 1 is 1.11 bits per heavy atom. The van der Waals surface area contributed by atoms with Gasteiger partial charge in [0.1, 0.15) is 6.04 Å². The van der Waals surface area contributed by atoms with Gasteiger partial charge >= 0.3 is 12.1 Å². The molecular formula is C19H18F3NO4. The summed E-state index contributed by atoms with van der Waals surface area (Å²) in [6.45, 7) is 1.84. The van der Waals surface area contributed by atoms with Crippen LogP contribution in [0.3, 0.4) is 0 Å². The molecule has 0 unspecified atom stereocenters. The predicted molar refractivity (Wildman–Crippen MR) is 90.9 cm³/mol. The van der Waals surface area contributed by atoms with E-state index < -0.39 is 35.8 Å². The summed E-state index contributed by atoms with van der Waals surface area (Å²) >= 11 is 0. The van der Waals surface area contributed by atoms with Crippen LogP contribution in [0.1, 0.15) is 28.4 Å². The smallest absolute Gasteiger partial charge is 0.416 e. The lowest BCUT2D eigenvalue weighted by Crippen LogP contribution is -2.44. The zero-order valence-corrected chi connectivity index (χ0v) is 14.3. The quantitative estimate of drug-likeness (QED) is 0.718. The van der Waals surface area contributed by atoms with Crippen molar-refractivity contribution in [2.75, 3.05) is 0 Å². The fourth-order valence-corrected chi connectivity index (χ4v) is 2.53. The lowest BCUT2D eigenvalue weighted by atomic mass is 10.0. The molecule has 0 bridgehead atoms. The highest BCUT2D eigenvalue weighted by molar-refractivity contribution is 5.87. The summed E-state index contributed by atoms with van der Waals surface area (Å²) in [6.07, 6.45) is -6.32. The minimum atomic E-state index is -4.53. The second-order valence-electron chi connectivity index (χ2n) is 6.11. The normalized spacial score (nSPS) is 13.7. The monoisotopic (exact) mass is 381 g/mol. The largest absolute Gasteiger partial charge is 0.480 e.